The van der Waals surface area contributed by atoms with Crippen LogP contribution < -0.4 is 9.64 Å². The van der Waals surface area contributed by atoms with Gasteiger partial charge in [-0.2, -0.15) is 0 Å². The molecular formula is C16H15NO5. The topological polar surface area (TPSA) is 76.1 Å². The van der Waals surface area contributed by atoms with Gasteiger partial charge in [0.05, 0.1) is 37.3 Å². The zero-order chi connectivity index (χ0) is 15.5. The van der Waals surface area contributed by atoms with Gasteiger partial charge in [0, 0.05) is 0 Å². The molecule has 2 saturated heterocycles. The number of amides is 2. The molecule has 2 bridgehead atoms. The number of ether oxygens (including phenoxy) is 2. The molecule has 4 rings (SSSR count). The van der Waals surface area contributed by atoms with Gasteiger partial charge in [-0.1, -0.05) is 12.2 Å². The molecule has 0 spiro atoms. The first kappa shape index (κ1) is 13.5. The van der Waals surface area contributed by atoms with Gasteiger partial charge in [0.1, 0.15) is 11.4 Å². The van der Waals surface area contributed by atoms with E-state index in [2.05, 4.69) is 0 Å². The number of carbonyl (C=O) groups excluding carboxylic acids is 2. The highest BCUT2D eigenvalue weighted by atomic mass is 16.5. The van der Waals surface area contributed by atoms with Crippen LogP contribution in [0.2, 0.25) is 0 Å². The Morgan fingerprint density at radius 2 is 2.00 bits per heavy atom. The van der Waals surface area contributed by atoms with Crippen molar-refractivity contribution in [1.82, 2.24) is 0 Å². The molecule has 6 heteroatoms. The summed E-state index contributed by atoms with van der Waals surface area (Å²) in [6.07, 6.45) is 3.04. The number of carbonyl (C=O) groups is 2. The second kappa shape index (κ2) is 4.41. The molecule has 2 fully saturated rings. The SMILES string of the molecule is COc1ccc(N2C(=O)[C@@H]3[C@@H](C2=O)[C@@]2(CO)C=C[C@H]3O2)cc1. The first-order chi connectivity index (χ1) is 10.6. The monoisotopic (exact) mass is 301 g/mol. The van der Waals surface area contributed by atoms with E-state index in [1.807, 2.05) is 0 Å². The van der Waals surface area contributed by atoms with Crippen LogP contribution in [0.3, 0.4) is 0 Å². The molecule has 0 radical (unpaired) electrons. The standard InChI is InChI=1S/C16H15NO5/c1-21-10-4-2-9(3-5-10)17-14(19)12-11-6-7-16(8-18,22-11)13(12)15(17)20/h2-7,11-13,18H,8H2,1H3/t11-,12+,13+,16+/m1/s1. The van der Waals surface area contributed by atoms with Crippen LogP contribution in [-0.2, 0) is 14.3 Å². The Hall–Kier alpha value is -2.18. The lowest BCUT2D eigenvalue weighted by molar-refractivity contribution is -0.128. The lowest BCUT2D eigenvalue weighted by atomic mass is 9.77. The van der Waals surface area contributed by atoms with Gasteiger partial charge < -0.3 is 14.6 Å². The van der Waals surface area contributed by atoms with Crippen molar-refractivity contribution in [2.75, 3.05) is 18.6 Å². The Morgan fingerprint density at radius 1 is 1.27 bits per heavy atom. The molecule has 1 N–H and O–H groups in total. The summed E-state index contributed by atoms with van der Waals surface area (Å²) in [6, 6.07) is 6.76. The summed E-state index contributed by atoms with van der Waals surface area (Å²) in [5.41, 5.74) is -0.541. The second-order valence-corrected chi connectivity index (χ2v) is 5.77. The van der Waals surface area contributed by atoms with Crippen molar-refractivity contribution in [2.45, 2.75) is 11.7 Å². The molecule has 1 aromatic carbocycles. The largest absolute Gasteiger partial charge is 0.497 e. The summed E-state index contributed by atoms with van der Waals surface area (Å²) < 4.78 is 10.8. The van der Waals surface area contributed by atoms with E-state index in [1.165, 1.54) is 4.90 Å². The first-order valence-corrected chi connectivity index (χ1v) is 7.11. The average Bonchev–Trinajstić information content (AvgIpc) is 3.19. The molecule has 0 saturated carbocycles. The smallest absolute Gasteiger partial charge is 0.241 e. The van der Waals surface area contributed by atoms with Gasteiger partial charge in [0.2, 0.25) is 11.8 Å². The maximum absolute atomic E-state index is 12.8. The number of hydrogen-bond donors (Lipinski definition) is 1. The fourth-order valence-electron chi connectivity index (χ4n) is 3.67. The van der Waals surface area contributed by atoms with Crippen molar-refractivity contribution in [3.8, 4) is 5.75 Å². The van der Waals surface area contributed by atoms with E-state index in [1.54, 1.807) is 43.5 Å². The van der Waals surface area contributed by atoms with Crippen molar-refractivity contribution in [1.29, 1.82) is 0 Å². The van der Waals surface area contributed by atoms with Crippen molar-refractivity contribution in [3.63, 3.8) is 0 Å². The second-order valence-electron chi connectivity index (χ2n) is 5.77. The number of rotatable bonds is 3. The fraction of sp³-hybridized carbons (Fsp3) is 0.375. The molecule has 2 amide bonds. The number of imide groups is 1. The molecule has 0 aliphatic carbocycles. The summed E-state index contributed by atoms with van der Waals surface area (Å²) in [5, 5.41) is 9.64. The Bertz CT molecular complexity index is 682. The van der Waals surface area contributed by atoms with E-state index in [0.717, 1.165) is 0 Å². The number of methoxy groups -OCH3 is 1. The average molecular weight is 301 g/mol. The number of anilines is 1. The fourth-order valence-corrected chi connectivity index (χ4v) is 3.67. The Morgan fingerprint density at radius 3 is 2.64 bits per heavy atom. The van der Waals surface area contributed by atoms with Crippen LogP contribution in [-0.4, -0.2) is 42.3 Å². The number of nitrogens with zero attached hydrogens (tertiary/aromatic N) is 1. The molecule has 22 heavy (non-hydrogen) atoms. The normalized spacial score (nSPS) is 35.4. The number of aliphatic hydroxyl groups excluding tert-OH is 1. The molecule has 114 valence electrons. The predicted octanol–water partition coefficient (Wildman–Crippen LogP) is 0.500. The van der Waals surface area contributed by atoms with Crippen LogP contribution in [0.5, 0.6) is 5.75 Å². The third kappa shape index (κ3) is 1.51. The molecule has 6 nitrogen and oxygen atoms in total. The minimum atomic E-state index is -1.05. The van der Waals surface area contributed by atoms with Crippen molar-refractivity contribution in [3.05, 3.63) is 36.4 Å². The van der Waals surface area contributed by atoms with Crippen LogP contribution in [0.25, 0.3) is 0 Å². The van der Waals surface area contributed by atoms with E-state index in [-0.39, 0.29) is 18.4 Å². The summed E-state index contributed by atoms with van der Waals surface area (Å²) in [4.78, 5) is 26.6. The molecule has 0 aromatic heterocycles. The number of aliphatic hydroxyl groups is 1. The minimum Gasteiger partial charge on any atom is -0.497 e. The van der Waals surface area contributed by atoms with Crippen molar-refractivity contribution < 1.29 is 24.2 Å². The maximum Gasteiger partial charge on any atom is 0.241 e. The van der Waals surface area contributed by atoms with E-state index in [4.69, 9.17) is 9.47 Å². The van der Waals surface area contributed by atoms with Gasteiger partial charge in [-0.05, 0) is 24.3 Å². The van der Waals surface area contributed by atoms with Gasteiger partial charge in [0.15, 0.2) is 0 Å². The van der Waals surface area contributed by atoms with Crippen LogP contribution in [0.1, 0.15) is 0 Å². The first-order valence-electron chi connectivity index (χ1n) is 7.11. The predicted molar refractivity (Wildman–Crippen MR) is 76.3 cm³/mol. The van der Waals surface area contributed by atoms with E-state index >= 15 is 0 Å². The Balaban J connectivity index is 1.72. The number of fused-ring (bicyclic) bond motifs is 5. The molecule has 4 atom stereocenters. The molecular weight excluding hydrogens is 286 g/mol. The zero-order valence-corrected chi connectivity index (χ0v) is 11.9. The van der Waals surface area contributed by atoms with Gasteiger partial charge in [-0.15, -0.1) is 0 Å². The third-order valence-electron chi connectivity index (χ3n) is 4.73. The van der Waals surface area contributed by atoms with Crippen LogP contribution in [0.15, 0.2) is 36.4 Å². The third-order valence-corrected chi connectivity index (χ3v) is 4.73. The van der Waals surface area contributed by atoms with Crippen LogP contribution in [0, 0.1) is 11.8 Å². The van der Waals surface area contributed by atoms with Gasteiger partial charge in [0.25, 0.3) is 0 Å². The highest BCUT2D eigenvalue weighted by Crippen LogP contribution is 2.52. The van der Waals surface area contributed by atoms with E-state index in [9.17, 15) is 14.7 Å². The number of hydrogen-bond acceptors (Lipinski definition) is 5. The molecule has 3 aliphatic heterocycles. The van der Waals surface area contributed by atoms with Gasteiger partial charge in [-0.3, -0.25) is 9.59 Å². The quantitative estimate of drug-likeness (QED) is 0.650. The maximum atomic E-state index is 12.8. The van der Waals surface area contributed by atoms with E-state index < -0.39 is 23.5 Å². The Labute approximate surface area is 126 Å². The summed E-state index contributed by atoms with van der Waals surface area (Å²) in [5.74, 6) is -1.14. The van der Waals surface area contributed by atoms with Gasteiger partial charge in [-0.25, -0.2) is 4.90 Å². The van der Waals surface area contributed by atoms with E-state index in [0.29, 0.717) is 11.4 Å². The van der Waals surface area contributed by atoms with Crippen LogP contribution in [0.4, 0.5) is 5.69 Å². The van der Waals surface area contributed by atoms with Crippen molar-refractivity contribution in [2.24, 2.45) is 11.8 Å². The lowest BCUT2D eigenvalue weighted by Gasteiger charge is -2.26. The zero-order valence-electron chi connectivity index (χ0n) is 11.9. The molecule has 1 aromatic rings. The summed E-state index contributed by atoms with van der Waals surface area (Å²) >= 11 is 0. The summed E-state index contributed by atoms with van der Waals surface area (Å²) in [7, 11) is 1.55. The highest BCUT2D eigenvalue weighted by Gasteiger charge is 2.67. The Kier molecular flexibility index (Phi) is 2.70. The van der Waals surface area contributed by atoms with Crippen LogP contribution >= 0.6 is 0 Å². The van der Waals surface area contributed by atoms with Gasteiger partial charge >= 0.3 is 0 Å². The minimum absolute atomic E-state index is 0.273. The summed E-state index contributed by atoms with van der Waals surface area (Å²) in [6.45, 7) is -0.309. The molecule has 3 heterocycles. The number of benzene rings is 1. The molecule has 3 aliphatic rings. The lowest BCUT2D eigenvalue weighted by Crippen LogP contribution is -2.43. The highest BCUT2D eigenvalue weighted by molar-refractivity contribution is 6.23. The molecule has 0 unspecified atom stereocenters. The van der Waals surface area contributed by atoms with Crippen molar-refractivity contribution >= 4 is 17.5 Å².